The van der Waals surface area contributed by atoms with E-state index in [1.807, 2.05) is 0 Å². The van der Waals surface area contributed by atoms with E-state index >= 15 is 0 Å². The highest BCUT2D eigenvalue weighted by molar-refractivity contribution is 9.10. The van der Waals surface area contributed by atoms with E-state index in [-0.39, 0.29) is 15.9 Å². The predicted octanol–water partition coefficient (Wildman–Crippen LogP) is 8.55. The maximum absolute atomic E-state index is 3.63. The van der Waals surface area contributed by atoms with E-state index in [1.54, 1.807) is 0 Å². The van der Waals surface area contributed by atoms with Crippen molar-refractivity contribution in [1.29, 1.82) is 0 Å². The zero-order valence-electron chi connectivity index (χ0n) is 14.4. The minimum Gasteiger partial charge on any atom is -0.0561 e. The smallest absolute Gasteiger partial charge is 0.0561 e. The topological polar surface area (TPSA) is 0 Å². The van der Waals surface area contributed by atoms with Crippen LogP contribution in [0, 0.1) is 0 Å². The summed E-state index contributed by atoms with van der Waals surface area (Å²) in [5.74, 6) is 0. The molecule has 0 bridgehead atoms. The second-order valence-corrected chi connectivity index (χ2v) is 11.2. The largest absolute Gasteiger partial charge is 0.187 e. The Balaban J connectivity index is 2.03. The first-order chi connectivity index (χ1) is 11.8. The molecule has 25 heavy (non-hydrogen) atoms. The maximum Gasteiger partial charge on any atom is 0.187 e. The van der Waals surface area contributed by atoms with Gasteiger partial charge in [0, 0.05) is 42.3 Å². The molecule has 126 valence electrons. The number of thiophene rings is 1. The van der Waals surface area contributed by atoms with Crippen molar-refractivity contribution in [2.75, 3.05) is 0 Å². The van der Waals surface area contributed by atoms with Gasteiger partial charge in [-0.2, -0.15) is 0 Å². The van der Waals surface area contributed by atoms with Gasteiger partial charge in [0.05, 0.1) is 0 Å². The molecule has 0 saturated heterocycles. The second-order valence-electron chi connectivity index (χ2n) is 7.36. The number of rotatable bonds is 1. The van der Waals surface area contributed by atoms with Crippen LogP contribution in [0.15, 0.2) is 69.6 Å². The molecular weight excluding hydrogens is 456 g/mol. The summed E-state index contributed by atoms with van der Waals surface area (Å²) in [6, 6.07) is 22.6. The summed E-state index contributed by atoms with van der Waals surface area (Å²) in [5.41, 5.74) is 1.56. The van der Waals surface area contributed by atoms with Gasteiger partial charge in [-0.15, -0.1) is 0 Å². The number of hydrogen-bond acceptors (Lipinski definition) is 0. The van der Waals surface area contributed by atoms with Crippen molar-refractivity contribution in [3.63, 3.8) is 0 Å². The van der Waals surface area contributed by atoms with Gasteiger partial charge in [-0.3, -0.25) is 0 Å². The van der Waals surface area contributed by atoms with Gasteiger partial charge < -0.3 is 0 Å². The van der Waals surface area contributed by atoms with Gasteiger partial charge in [-0.1, -0.05) is 64.8 Å². The molecule has 0 spiro atoms. The fourth-order valence-electron chi connectivity index (χ4n) is 3.24. The average molecular weight is 475 g/mol. The Morgan fingerprint density at radius 1 is 0.680 bits per heavy atom. The summed E-state index contributed by atoms with van der Waals surface area (Å²) in [7, 11) is -0.0338. The van der Waals surface area contributed by atoms with Crippen molar-refractivity contribution >= 4 is 62.5 Å². The van der Waals surface area contributed by atoms with Crippen LogP contribution < -0.4 is 0 Å². The van der Waals surface area contributed by atoms with Gasteiger partial charge in [0.2, 0.25) is 0 Å². The molecule has 0 aliphatic heterocycles. The van der Waals surface area contributed by atoms with Crippen molar-refractivity contribution in [2.45, 2.75) is 26.2 Å². The Bertz CT molecular complexity index is 1020. The Morgan fingerprint density at radius 2 is 1.16 bits per heavy atom. The van der Waals surface area contributed by atoms with Crippen LogP contribution in [0.25, 0.3) is 25.1 Å². The van der Waals surface area contributed by atoms with Crippen LogP contribution in [0.2, 0.25) is 0 Å². The molecule has 0 aliphatic carbocycles. The Morgan fingerprint density at radius 3 is 1.60 bits per heavy atom. The van der Waals surface area contributed by atoms with Crippen LogP contribution in [0.3, 0.4) is 0 Å². The van der Waals surface area contributed by atoms with E-state index in [4.69, 9.17) is 0 Å². The fraction of sp³-hybridized carbons (Fsp3) is 0.182. The van der Waals surface area contributed by atoms with Gasteiger partial charge in [0.15, 0.2) is 14.3 Å². The summed E-state index contributed by atoms with van der Waals surface area (Å²) in [4.78, 5) is 1.39. The molecule has 4 rings (SSSR count). The molecule has 1 aromatic heterocycles. The molecule has 3 aromatic carbocycles. The van der Waals surface area contributed by atoms with Crippen LogP contribution in [0.5, 0.6) is 0 Å². The molecule has 0 nitrogen and oxygen atoms in total. The maximum atomic E-state index is 3.63. The highest BCUT2D eigenvalue weighted by Gasteiger charge is 2.24. The zero-order chi connectivity index (χ0) is 17.8. The Kier molecular flexibility index (Phi) is 4.30. The number of fused-ring (bicyclic) bond motifs is 3. The third kappa shape index (κ3) is 3.07. The molecule has 0 aliphatic rings. The second kappa shape index (κ2) is 6.22. The van der Waals surface area contributed by atoms with Crippen molar-refractivity contribution in [1.82, 2.24) is 0 Å². The standard InChI is InChI=1S/C22H19Br2S/c1-22(2,3)14-4-8-17(9-5-14)25-20-10-6-15(23)12-18(20)19-13-16(24)7-11-21(19)25/h4-13H,1-3H3/q+1. The minimum atomic E-state index is -0.0338. The van der Waals surface area contributed by atoms with E-state index in [0.717, 1.165) is 8.95 Å². The zero-order valence-corrected chi connectivity index (χ0v) is 18.4. The quantitative estimate of drug-likeness (QED) is 0.242. The lowest BCUT2D eigenvalue weighted by Crippen LogP contribution is -2.10. The van der Waals surface area contributed by atoms with Crippen molar-refractivity contribution in [2.24, 2.45) is 0 Å². The van der Waals surface area contributed by atoms with E-state index in [0.29, 0.717) is 0 Å². The molecule has 0 saturated carbocycles. The summed E-state index contributed by atoms with van der Waals surface area (Å²) < 4.78 is 5.09. The Labute approximate surface area is 168 Å². The molecule has 0 fully saturated rings. The highest BCUT2D eigenvalue weighted by Crippen LogP contribution is 2.49. The van der Waals surface area contributed by atoms with Gasteiger partial charge in [-0.05, 0) is 47.4 Å². The lowest BCUT2D eigenvalue weighted by molar-refractivity contribution is 0.590. The summed E-state index contributed by atoms with van der Waals surface area (Å²) >= 11 is 7.27. The summed E-state index contributed by atoms with van der Waals surface area (Å²) in [5, 5.41) is 2.68. The fourth-order valence-corrected chi connectivity index (χ4v) is 6.31. The lowest BCUT2D eigenvalue weighted by atomic mass is 9.87. The molecule has 4 aromatic rings. The monoisotopic (exact) mass is 473 g/mol. The van der Waals surface area contributed by atoms with Crippen LogP contribution in [0.1, 0.15) is 26.3 Å². The number of benzene rings is 3. The van der Waals surface area contributed by atoms with E-state index in [2.05, 4.69) is 113 Å². The molecule has 0 unspecified atom stereocenters. The van der Waals surface area contributed by atoms with Crippen LogP contribution in [-0.4, -0.2) is 0 Å². The Hall–Kier alpha value is -1.16. The predicted molar refractivity (Wildman–Crippen MR) is 119 cm³/mol. The third-order valence-corrected chi connectivity index (χ3v) is 7.89. The molecule has 0 radical (unpaired) electrons. The van der Waals surface area contributed by atoms with E-state index < -0.39 is 0 Å². The van der Waals surface area contributed by atoms with Crippen LogP contribution >= 0.6 is 42.3 Å². The van der Waals surface area contributed by atoms with Crippen molar-refractivity contribution in [3.8, 4) is 4.90 Å². The number of halogens is 2. The van der Waals surface area contributed by atoms with Gasteiger partial charge >= 0.3 is 0 Å². The first-order valence-corrected chi connectivity index (χ1v) is 11.1. The minimum absolute atomic E-state index is 0.0338. The normalized spacial score (nSPS) is 12.2. The van der Waals surface area contributed by atoms with E-state index in [9.17, 15) is 0 Å². The summed E-state index contributed by atoms with van der Waals surface area (Å²) in [6.45, 7) is 6.79. The van der Waals surface area contributed by atoms with Gasteiger partial charge in [0.25, 0.3) is 0 Å². The molecule has 0 atom stereocenters. The van der Waals surface area contributed by atoms with Crippen molar-refractivity contribution < 1.29 is 0 Å². The van der Waals surface area contributed by atoms with Crippen molar-refractivity contribution in [3.05, 3.63) is 75.2 Å². The molecule has 0 N–H and O–H groups in total. The van der Waals surface area contributed by atoms with E-state index in [1.165, 1.54) is 30.6 Å². The first kappa shape index (κ1) is 17.3. The first-order valence-electron chi connectivity index (χ1n) is 8.29. The number of hydrogen-bond donors (Lipinski definition) is 0. The molecule has 0 amide bonds. The average Bonchev–Trinajstić information content (AvgIpc) is 2.87. The third-order valence-electron chi connectivity index (χ3n) is 4.57. The molecule has 1 heterocycles. The molecular formula is C22H19Br2S+. The van der Waals surface area contributed by atoms with Crippen LogP contribution in [-0.2, 0) is 5.41 Å². The van der Waals surface area contributed by atoms with Gasteiger partial charge in [0.1, 0.15) is 0 Å². The lowest BCUT2D eigenvalue weighted by Gasteiger charge is -2.18. The highest BCUT2D eigenvalue weighted by atomic mass is 79.9. The summed E-state index contributed by atoms with van der Waals surface area (Å²) in [6.07, 6.45) is 0. The molecule has 3 heteroatoms. The van der Waals surface area contributed by atoms with Crippen LogP contribution in [0.4, 0.5) is 0 Å². The SMILES string of the molecule is CC(C)(C)c1ccc(-[s+]2c3ccc(Br)cc3c3cc(Br)ccc32)cc1. The van der Waals surface area contributed by atoms with Gasteiger partial charge in [-0.25, -0.2) is 0 Å².